The van der Waals surface area contributed by atoms with Crippen LogP contribution in [-0.2, 0) is 9.53 Å². The molecule has 0 saturated heterocycles. The summed E-state index contributed by atoms with van der Waals surface area (Å²) in [5.41, 5.74) is 0.550. The molecule has 0 bridgehead atoms. The fourth-order valence-electron chi connectivity index (χ4n) is 1.96. The maximum absolute atomic E-state index is 12.9. The van der Waals surface area contributed by atoms with Crippen molar-refractivity contribution in [2.24, 2.45) is 0 Å². The average molecular weight is 375 g/mol. The number of ketones is 1. The molecule has 26 heavy (non-hydrogen) atoms. The summed E-state index contributed by atoms with van der Waals surface area (Å²) in [4.78, 5) is 38.1. The molecule has 0 N–H and O–H groups in total. The van der Waals surface area contributed by atoms with Crippen LogP contribution in [0.5, 0.6) is 0 Å². The molecule has 7 heteroatoms. The van der Waals surface area contributed by atoms with E-state index in [0.29, 0.717) is 4.90 Å². The molecule has 2 aromatic rings. The predicted molar refractivity (Wildman–Crippen MR) is 96.9 cm³/mol. The van der Waals surface area contributed by atoms with Crippen molar-refractivity contribution in [3.63, 3.8) is 0 Å². The van der Waals surface area contributed by atoms with Gasteiger partial charge in [0, 0.05) is 24.6 Å². The first kappa shape index (κ1) is 19.7. The number of Topliss-reactive ketones (excluding diaryl/α,β-unsaturated/α-hetero) is 1. The zero-order valence-corrected chi connectivity index (χ0v) is 15.2. The number of benzene rings is 2. The van der Waals surface area contributed by atoms with Crippen LogP contribution in [0.25, 0.3) is 0 Å². The standard InChI is InChI=1S/C19H18FNO4S/c1-21(2)18(23)12-26-17-6-4-3-5-15(17)19(24)25-11-16(22)13-7-9-14(20)10-8-13/h3-10H,11-12H2,1-2H3. The van der Waals surface area contributed by atoms with Crippen LogP contribution in [0.4, 0.5) is 4.39 Å². The van der Waals surface area contributed by atoms with Crippen molar-refractivity contribution >= 4 is 29.4 Å². The summed E-state index contributed by atoms with van der Waals surface area (Å²) in [6.07, 6.45) is 0. The van der Waals surface area contributed by atoms with E-state index >= 15 is 0 Å². The topological polar surface area (TPSA) is 63.7 Å². The number of esters is 1. The van der Waals surface area contributed by atoms with Gasteiger partial charge in [-0.2, -0.15) is 0 Å². The highest BCUT2D eigenvalue weighted by molar-refractivity contribution is 8.00. The van der Waals surface area contributed by atoms with Gasteiger partial charge < -0.3 is 9.64 Å². The van der Waals surface area contributed by atoms with Crippen LogP contribution >= 0.6 is 11.8 Å². The maximum Gasteiger partial charge on any atom is 0.339 e. The summed E-state index contributed by atoms with van der Waals surface area (Å²) >= 11 is 1.23. The second-order valence-electron chi connectivity index (χ2n) is 5.58. The fourth-order valence-corrected chi connectivity index (χ4v) is 2.98. The van der Waals surface area contributed by atoms with Gasteiger partial charge in [0.05, 0.1) is 11.3 Å². The van der Waals surface area contributed by atoms with E-state index < -0.39 is 24.2 Å². The highest BCUT2D eigenvalue weighted by Gasteiger charge is 2.16. The van der Waals surface area contributed by atoms with E-state index in [1.807, 2.05) is 0 Å². The van der Waals surface area contributed by atoms with Gasteiger partial charge in [0.15, 0.2) is 12.4 Å². The summed E-state index contributed by atoms with van der Waals surface area (Å²) in [6, 6.07) is 11.7. The van der Waals surface area contributed by atoms with Gasteiger partial charge in [-0.15, -0.1) is 11.8 Å². The second kappa shape index (κ2) is 9.15. The van der Waals surface area contributed by atoms with E-state index in [4.69, 9.17) is 4.74 Å². The van der Waals surface area contributed by atoms with Gasteiger partial charge in [-0.05, 0) is 36.4 Å². The number of ether oxygens (including phenoxy) is 1. The number of nitrogens with zero attached hydrogens (tertiary/aromatic N) is 1. The minimum Gasteiger partial charge on any atom is -0.454 e. The molecule has 2 aromatic carbocycles. The third-order valence-electron chi connectivity index (χ3n) is 3.46. The molecule has 2 rings (SSSR count). The Balaban J connectivity index is 1.99. The Morgan fingerprint density at radius 2 is 1.69 bits per heavy atom. The van der Waals surface area contributed by atoms with Crippen LogP contribution in [-0.4, -0.2) is 49.0 Å². The Labute approximate surface area is 155 Å². The molecule has 1 amide bonds. The Hall–Kier alpha value is -2.67. The van der Waals surface area contributed by atoms with Crippen molar-refractivity contribution in [2.75, 3.05) is 26.5 Å². The first-order valence-electron chi connectivity index (χ1n) is 7.76. The number of carbonyl (C=O) groups is 3. The van der Waals surface area contributed by atoms with Gasteiger partial charge in [0.2, 0.25) is 5.91 Å². The van der Waals surface area contributed by atoms with Crippen molar-refractivity contribution in [3.05, 3.63) is 65.5 Å². The molecule has 5 nitrogen and oxygen atoms in total. The largest absolute Gasteiger partial charge is 0.454 e. The monoisotopic (exact) mass is 375 g/mol. The molecule has 0 aliphatic carbocycles. The highest BCUT2D eigenvalue weighted by Crippen LogP contribution is 2.23. The molecular weight excluding hydrogens is 357 g/mol. The number of thioether (sulfide) groups is 1. The molecular formula is C19H18FNO4S. The Kier molecular flexibility index (Phi) is 6.91. The summed E-state index contributed by atoms with van der Waals surface area (Å²) in [6.45, 7) is -0.444. The molecule has 0 spiro atoms. The van der Waals surface area contributed by atoms with E-state index in [1.54, 1.807) is 38.4 Å². The van der Waals surface area contributed by atoms with Crippen LogP contribution in [0.1, 0.15) is 20.7 Å². The Morgan fingerprint density at radius 1 is 1.04 bits per heavy atom. The molecule has 0 aliphatic rings. The van der Waals surface area contributed by atoms with Crippen LogP contribution < -0.4 is 0 Å². The van der Waals surface area contributed by atoms with Gasteiger partial charge in [-0.3, -0.25) is 9.59 Å². The van der Waals surface area contributed by atoms with Crippen molar-refractivity contribution in [1.82, 2.24) is 4.90 Å². The molecule has 0 aliphatic heterocycles. The molecule has 0 atom stereocenters. The maximum atomic E-state index is 12.9. The minimum absolute atomic E-state index is 0.0790. The number of rotatable bonds is 7. The van der Waals surface area contributed by atoms with Crippen LogP contribution in [0, 0.1) is 5.82 Å². The predicted octanol–water partition coefficient (Wildman–Crippen LogP) is 3.05. The van der Waals surface area contributed by atoms with Crippen molar-refractivity contribution in [2.45, 2.75) is 4.90 Å². The van der Waals surface area contributed by atoms with Crippen molar-refractivity contribution in [3.8, 4) is 0 Å². The Morgan fingerprint density at radius 3 is 2.35 bits per heavy atom. The molecule has 0 saturated carbocycles. The van der Waals surface area contributed by atoms with Crippen LogP contribution in [0.15, 0.2) is 53.4 Å². The summed E-state index contributed by atoms with van der Waals surface area (Å²) in [7, 11) is 3.31. The van der Waals surface area contributed by atoms with Gasteiger partial charge in [-0.25, -0.2) is 9.18 Å². The lowest BCUT2D eigenvalue weighted by Crippen LogP contribution is -2.23. The fraction of sp³-hybridized carbons (Fsp3) is 0.211. The van der Waals surface area contributed by atoms with E-state index in [1.165, 1.54) is 40.9 Å². The lowest BCUT2D eigenvalue weighted by molar-refractivity contribution is -0.125. The van der Waals surface area contributed by atoms with Gasteiger partial charge in [0.1, 0.15) is 5.82 Å². The third-order valence-corrected chi connectivity index (χ3v) is 4.52. The second-order valence-corrected chi connectivity index (χ2v) is 6.60. The lowest BCUT2D eigenvalue weighted by Gasteiger charge is -2.11. The quantitative estimate of drug-likeness (QED) is 0.423. The third kappa shape index (κ3) is 5.42. The van der Waals surface area contributed by atoms with Gasteiger partial charge in [-0.1, -0.05) is 12.1 Å². The molecule has 0 fully saturated rings. The minimum atomic E-state index is -0.652. The number of hydrogen-bond acceptors (Lipinski definition) is 5. The van der Waals surface area contributed by atoms with Crippen molar-refractivity contribution < 1.29 is 23.5 Å². The van der Waals surface area contributed by atoms with E-state index in [-0.39, 0.29) is 22.8 Å². The van der Waals surface area contributed by atoms with Crippen molar-refractivity contribution in [1.29, 1.82) is 0 Å². The summed E-state index contributed by atoms with van der Waals surface area (Å²) < 4.78 is 18.0. The van der Waals surface area contributed by atoms with Crippen LogP contribution in [0.3, 0.4) is 0 Å². The van der Waals surface area contributed by atoms with E-state index in [0.717, 1.165) is 0 Å². The van der Waals surface area contributed by atoms with E-state index in [9.17, 15) is 18.8 Å². The first-order valence-corrected chi connectivity index (χ1v) is 8.75. The van der Waals surface area contributed by atoms with Gasteiger partial charge >= 0.3 is 5.97 Å². The molecule has 0 aromatic heterocycles. The van der Waals surface area contributed by atoms with Gasteiger partial charge in [0.25, 0.3) is 0 Å². The first-order chi connectivity index (χ1) is 12.4. The number of carbonyl (C=O) groups excluding carboxylic acids is 3. The molecule has 0 heterocycles. The summed E-state index contributed by atoms with van der Waals surface area (Å²) in [5.74, 6) is -1.42. The number of hydrogen-bond donors (Lipinski definition) is 0. The zero-order valence-electron chi connectivity index (χ0n) is 14.4. The van der Waals surface area contributed by atoms with Crippen LogP contribution in [0.2, 0.25) is 0 Å². The highest BCUT2D eigenvalue weighted by atomic mass is 32.2. The number of amides is 1. The lowest BCUT2D eigenvalue weighted by atomic mass is 10.1. The molecule has 136 valence electrons. The smallest absolute Gasteiger partial charge is 0.339 e. The normalized spacial score (nSPS) is 10.3. The van der Waals surface area contributed by atoms with E-state index in [2.05, 4.69) is 0 Å². The zero-order chi connectivity index (χ0) is 19.1. The molecule has 0 unspecified atom stereocenters. The SMILES string of the molecule is CN(C)C(=O)CSc1ccccc1C(=O)OCC(=O)c1ccc(F)cc1. The summed E-state index contributed by atoms with van der Waals surface area (Å²) in [5, 5.41) is 0. The molecule has 0 radical (unpaired) electrons. The average Bonchev–Trinajstić information content (AvgIpc) is 2.64. The Bertz CT molecular complexity index is 805. The number of halogens is 1.